The topological polar surface area (TPSA) is 76.7 Å². The van der Waals surface area contributed by atoms with Crippen molar-refractivity contribution in [2.45, 2.75) is 10.1 Å². The summed E-state index contributed by atoms with van der Waals surface area (Å²) in [6, 6.07) is 27.5. The van der Waals surface area contributed by atoms with Gasteiger partial charge in [0, 0.05) is 34.5 Å². The predicted octanol–water partition coefficient (Wildman–Crippen LogP) is 6.57. The van der Waals surface area contributed by atoms with Crippen LogP contribution in [0, 0.1) is 5.82 Å². The zero-order chi connectivity index (χ0) is 26.2. The molecular weight excluding hydrogens is 491 g/mol. The summed E-state index contributed by atoms with van der Waals surface area (Å²) in [6.45, 7) is 0. The third-order valence-electron chi connectivity index (χ3n) is 5.44. The normalized spacial score (nSPS) is 11.3. The number of methoxy groups -OCH3 is 2. The third kappa shape index (κ3) is 6.68. The molecule has 1 atom stereocenters. The smallest absolute Gasteiger partial charge is 0.258 e. The summed E-state index contributed by atoms with van der Waals surface area (Å²) in [5.74, 6) is -0.215. The molecule has 4 aromatic carbocycles. The lowest BCUT2D eigenvalue weighted by Gasteiger charge is -2.18. The second-order valence-electron chi connectivity index (χ2n) is 7.96. The highest BCUT2D eigenvalue weighted by Crippen LogP contribution is 2.37. The number of thioether (sulfide) groups is 1. The van der Waals surface area contributed by atoms with Gasteiger partial charge in [-0.05, 0) is 42.0 Å². The first-order valence-electron chi connectivity index (χ1n) is 11.4. The van der Waals surface area contributed by atoms with Crippen molar-refractivity contribution in [2.75, 3.05) is 24.9 Å². The number of hydrogen-bond acceptors (Lipinski definition) is 5. The van der Waals surface area contributed by atoms with Crippen molar-refractivity contribution >= 4 is 35.0 Å². The van der Waals surface area contributed by atoms with Crippen LogP contribution in [0.25, 0.3) is 0 Å². The summed E-state index contributed by atoms with van der Waals surface area (Å²) in [5.41, 5.74) is 1.86. The molecule has 6 nitrogen and oxygen atoms in total. The summed E-state index contributed by atoms with van der Waals surface area (Å²) >= 11 is 1.37. The van der Waals surface area contributed by atoms with E-state index in [1.54, 1.807) is 62.8 Å². The van der Waals surface area contributed by atoms with E-state index in [0.29, 0.717) is 22.9 Å². The van der Waals surface area contributed by atoms with Gasteiger partial charge >= 0.3 is 0 Å². The van der Waals surface area contributed by atoms with E-state index in [1.807, 2.05) is 30.3 Å². The van der Waals surface area contributed by atoms with Gasteiger partial charge in [0.25, 0.3) is 5.91 Å². The average molecular weight is 517 g/mol. The molecule has 0 spiro atoms. The number of hydrogen-bond donors (Lipinski definition) is 2. The Labute approximate surface area is 218 Å². The molecule has 0 aliphatic carbocycles. The molecule has 1 unspecified atom stereocenters. The first kappa shape index (κ1) is 25.8. The molecule has 2 amide bonds. The van der Waals surface area contributed by atoms with E-state index in [-0.39, 0.29) is 11.5 Å². The van der Waals surface area contributed by atoms with Gasteiger partial charge in [-0.15, -0.1) is 11.8 Å². The van der Waals surface area contributed by atoms with Gasteiger partial charge in [0.05, 0.1) is 19.8 Å². The Morgan fingerprint density at radius 3 is 2.00 bits per heavy atom. The molecule has 0 aliphatic heterocycles. The molecule has 188 valence electrons. The van der Waals surface area contributed by atoms with Crippen LogP contribution in [0.1, 0.15) is 21.2 Å². The van der Waals surface area contributed by atoms with Crippen molar-refractivity contribution in [2.24, 2.45) is 0 Å². The Kier molecular flexibility index (Phi) is 8.43. The Bertz CT molecular complexity index is 1360. The third-order valence-corrected chi connectivity index (χ3v) is 6.71. The molecule has 4 aromatic rings. The van der Waals surface area contributed by atoms with Crippen molar-refractivity contribution in [1.29, 1.82) is 0 Å². The maximum atomic E-state index is 13.9. The maximum Gasteiger partial charge on any atom is 0.258 e. The van der Waals surface area contributed by atoms with E-state index < -0.39 is 17.0 Å². The minimum atomic E-state index is -0.586. The van der Waals surface area contributed by atoms with Gasteiger partial charge in [-0.3, -0.25) is 9.59 Å². The number of carbonyl (C=O) groups is 2. The monoisotopic (exact) mass is 516 g/mol. The van der Waals surface area contributed by atoms with Crippen LogP contribution in [-0.4, -0.2) is 26.0 Å². The molecule has 8 heteroatoms. The van der Waals surface area contributed by atoms with Crippen molar-refractivity contribution in [3.05, 3.63) is 114 Å². The second kappa shape index (κ2) is 12.1. The van der Waals surface area contributed by atoms with E-state index in [0.717, 1.165) is 10.5 Å². The van der Waals surface area contributed by atoms with Gasteiger partial charge in [0.15, 0.2) is 0 Å². The number of anilines is 2. The fraction of sp³-hybridized carbons (Fsp3) is 0.103. The van der Waals surface area contributed by atoms with E-state index >= 15 is 0 Å². The van der Waals surface area contributed by atoms with E-state index in [9.17, 15) is 14.0 Å². The number of benzene rings is 4. The van der Waals surface area contributed by atoms with Crippen LogP contribution in [0.4, 0.5) is 15.8 Å². The van der Waals surface area contributed by atoms with E-state index in [2.05, 4.69) is 10.6 Å². The quantitative estimate of drug-likeness (QED) is 0.246. The lowest BCUT2D eigenvalue weighted by atomic mass is 10.1. The maximum absolute atomic E-state index is 13.9. The molecule has 0 bridgehead atoms. The van der Waals surface area contributed by atoms with Crippen molar-refractivity contribution < 1.29 is 23.5 Å². The molecule has 2 N–H and O–H groups in total. The molecule has 0 fully saturated rings. The van der Waals surface area contributed by atoms with Crippen LogP contribution in [0.15, 0.2) is 102 Å². The minimum absolute atomic E-state index is 0.0315. The number of rotatable bonds is 9. The lowest BCUT2D eigenvalue weighted by Crippen LogP contribution is -2.19. The van der Waals surface area contributed by atoms with Gasteiger partial charge in [0.1, 0.15) is 22.6 Å². The highest BCUT2D eigenvalue weighted by molar-refractivity contribution is 8.00. The number of ether oxygens (including phenoxy) is 2. The largest absolute Gasteiger partial charge is 0.497 e. The summed E-state index contributed by atoms with van der Waals surface area (Å²) in [6.07, 6.45) is 0. The first-order chi connectivity index (χ1) is 18.0. The van der Waals surface area contributed by atoms with Crippen LogP contribution in [0.3, 0.4) is 0 Å². The second-order valence-corrected chi connectivity index (χ2v) is 9.14. The Hall–Kier alpha value is -4.30. The van der Waals surface area contributed by atoms with Gasteiger partial charge < -0.3 is 20.1 Å². The minimum Gasteiger partial charge on any atom is -0.497 e. The van der Waals surface area contributed by atoms with Gasteiger partial charge in [0.2, 0.25) is 5.91 Å². The summed E-state index contributed by atoms with van der Waals surface area (Å²) < 4.78 is 24.5. The molecule has 0 aliphatic rings. The Morgan fingerprint density at radius 2 is 1.38 bits per heavy atom. The standard InChI is InChI=1S/C29H25FN2O4S/c1-35-22-16-21(17-23(18-22)36-2)32-29(34)27(19-8-4-3-5-9-19)37-24-14-12-20(13-15-24)31-28(33)25-10-6-7-11-26(25)30/h3-18,27H,1-2H3,(H,31,33)(H,32,34). The van der Waals surface area contributed by atoms with Gasteiger partial charge in [-0.1, -0.05) is 42.5 Å². The molecule has 0 saturated carbocycles. The van der Waals surface area contributed by atoms with Crippen LogP contribution < -0.4 is 20.1 Å². The Balaban J connectivity index is 1.51. The lowest BCUT2D eigenvalue weighted by molar-refractivity contribution is -0.115. The van der Waals surface area contributed by atoms with Crippen molar-refractivity contribution in [3.63, 3.8) is 0 Å². The van der Waals surface area contributed by atoms with Crippen molar-refractivity contribution in [1.82, 2.24) is 0 Å². The number of amides is 2. The molecule has 0 saturated heterocycles. The number of carbonyl (C=O) groups excluding carboxylic acids is 2. The average Bonchev–Trinajstić information content (AvgIpc) is 2.93. The van der Waals surface area contributed by atoms with Crippen LogP contribution in [-0.2, 0) is 4.79 Å². The molecule has 0 heterocycles. The van der Waals surface area contributed by atoms with Crippen LogP contribution >= 0.6 is 11.8 Å². The fourth-order valence-electron chi connectivity index (χ4n) is 3.58. The van der Waals surface area contributed by atoms with Gasteiger partial charge in [-0.25, -0.2) is 4.39 Å². The van der Waals surface area contributed by atoms with Crippen molar-refractivity contribution in [3.8, 4) is 11.5 Å². The summed E-state index contributed by atoms with van der Waals surface area (Å²) in [5, 5.41) is 5.10. The first-order valence-corrected chi connectivity index (χ1v) is 12.3. The molecule has 37 heavy (non-hydrogen) atoms. The highest BCUT2D eigenvalue weighted by atomic mass is 32.2. The van der Waals surface area contributed by atoms with E-state index in [4.69, 9.17) is 9.47 Å². The molecular formula is C29H25FN2O4S. The van der Waals surface area contributed by atoms with Gasteiger partial charge in [-0.2, -0.15) is 0 Å². The zero-order valence-electron chi connectivity index (χ0n) is 20.2. The summed E-state index contributed by atoms with van der Waals surface area (Å²) in [4.78, 5) is 26.6. The SMILES string of the molecule is COc1cc(NC(=O)C(Sc2ccc(NC(=O)c3ccccc3F)cc2)c2ccccc2)cc(OC)c1. The predicted molar refractivity (Wildman–Crippen MR) is 144 cm³/mol. The van der Waals surface area contributed by atoms with Crippen LogP contribution in [0.5, 0.6) is 11.5 Å². The fourth-order valence-corrected chi connectivity index (χ4v) is 4.61. The zero-order valence-corrected chi connectivity index (χ0v) is 21.1. The highest BCUT2D eigenvalue weighted by Gasteiger charge is 2.23. The van der Waals surface area contributed by atoms with E-state index in [1.165, 1.54) is 30.0 Å². The summed E-state index contributed by atoms with van der Waals surface area (Å²) in [7, 11) is 3.09. The molecule has 4 rings (SSSR count). The Morgan fingerprint density at radius 1 is 0.757 bits per heavy atom. The number of halogens is 1. The molecule has 0 aromatic heterocycles. The number of nitrogens with one attached hydrogen (secondary N) is 2. The molecule has 0 radical (unpaired) electrons. The van der Waals surface area contributed by atoms with Crippen LogP contribution in [0.2, 0.25) is 0 Å².